The molecule has 144 valence electrons. The third-order valence-electron chi connectivity index (χ3n) is 4.18. The molecule has 3 aromatic rings. The summed E-state index contributed by atoms with van der Waals surface area (Å²) in [6.07, 6.45) is 4.85. The Morgan fingerprint density at radius 3 is 2.71 bits per heavy atom. The van der Waals surface area contributed by atoms with Gasteiger partial charge in [0, 0.05) is 20.9 Å². The smallest absolute Gasteiger partial charge is 0.389 e. The van der Waals surface area contributed by atoms with Gasteiger partial charge in [-0.1, -0.05) is 12.1 Å². The molecule has 0 saturated carbocycles. The Bertz CT molecular complexity index is 1070. The van der Waals surface area contributed by atoms with Crippen LogP contribution in [0.1, 0.15) is 31.2 Å². The summed E-state index contributed by atoms with van der Waals surface area (Å²) in [6, 6.07) is 8.78. The molecule has 7 nitrogen and oxygen atoms in total. The highest BCUT2D eigenvalue weighted by molar-refractivity contribution is 7.12. The second-order valence-corrected chi connectivity index (χ2v) is 7.68. The number of carbonyl (C=O) groups excluding carboxylic acids is 1. The molecule has 0 aliphatic carbocycles. The van der Waals surface area contributed by atoms with Crippen molar-refractivity contribution in [2.75, 3.05) is 7.11 Å². The van der Waals surface area contributed by atoms with E-state index >= 15 is 0 Å². The molecule has 1 aromatic carbocycles. The second-order valence-electron chi connectivity index (χ2n) is 6.22. The van der Waals surface area contributed by atoms with Crippen molar-refractivity contribution in [1.29, 1.82) is 0 Å². The summed E-state index contributed by atoms with van der Waals surface area (Å²) in [6.45, 7) is 4.23. The molecular weight excluding hydrogens is 378 g/mol. The van der Waals surface area contributed by atoms with E-state index in [0.29, 0.717) is 12.3 Å². The first kappa shape index (κ1) is 19.5. The van der Waals surface area contributed by atoms with Crippen LogP contribution in [0.3, 0.4) is 0 Å². The third kappa shape index (κ3) is 4.34. The fourth-order valence-corrected chi connectivity index (χ4v) is 3.80. The number of allylic oxidation sites excluding steroid dienone is 1. The molecule has 0 amide bonds. The number of nitrogens with zero attached hydrogens (tertiary/aromatic N) is 3. The van der Waals surface area contributed by atoms with Crippen molar-refractivity contribution in [2.45, 2.75) is 20.4 Å². The number of ether oxygens (including phenoxy) is 1. The highest BCUT2D eigenvalue weighted by atomic mass is 32.1. The Hall–Kier alpha value is -3.26. The fourth-order valence-electron chi connectivity index (χ4n) is 2.87. The van der Waals surface area contributed by atoms with Gasteiger partial charge >= 0.3 is 5.82 Å². The number of aromatic nitrogens is 2. The molecule has 8 heteroatoms. The number of hydrogen-bond donors (Lipinski definition) is 0. The number of methoxy groups -OCH3 is 1. The predicted molar refractivity (Wildman–Crippen MR) is 108 cm³/mol. The average molecular weight is 397 g/mol. The monoisotopic (exact) mass is 397 g/mol. The lowest BCUT2D eigenvalue weighted by Crippen LogP contribution is -2.03. The van der Waals surface area contributed by atoms with E-state index in [2.05, 4.69) is 5.10 Å². The number of aryl methyl sites for hydroxylation is 2. The minimum atomic E-state index is -0.535. The zero-order valence-corrected chi connectivity index (χ0v) is 16.5. The number of ketones is 1. The van der Waals surface area contributed by atoms with Gasteiger partial charge in [-0.15, -0.1) is 11.3 Å². The minimum Gasteiger partial charge on any atom is -0.496 e. The normalized spacial score (nSPS) is 11.1. The molecule has 28 heavy (non-hydrogen) atoms. The Kier molecular flexibility index (Phi) is 5.70. The van der Waals surface area contributed by atoms with Crippen LogP contribution >= 0.6 is 11.3 Å². The SMILES string of the molecule is COc1ccc(/C=C/C(=O)c2cc(C)sc2C)cc1Cn1ccc([N+](=O)[O-])n1. The van der Waals surface area contributed by atoms with Crippen LogP contribution in [0.5, 0.6) is 5.75 Å². The lowest BCUT2D eigenvalue weighted by molar-refractivity contribution is -0.389. The topological polar surface area (TPSA) is 87.3 Å². The van der Waals surface area contributed by atoms with Crippen LogP contribution in [0.4, 0.5) is 5.82 Å². The molecule has 2 heterocycles. The maximum absolute atomic E-state index is 12.4. The van der Waals surface area contributed by atoms with Gasteiger partial charge in [-0.05, 0) is 48.6 Å². The van der Waals surface area contributed by atoms with E-state index in [1.165, 1.54) is 10.7 Å². The maximum Gasteiger partial charge on any atom is 0.389 e. The van der Waals surface area contributed by atoms with Crippen LogP contribution in [0.2, 0.25) is 0 Å². The van der Waals surface area contributed by atoms with Crippen molar-refractivity contribution >= 4 is 29.0 Å². The van der Waals surface area contributed by atoms with Crippen molar-refractivity contribution in [1.82, 2.24) is 9.78 Å². The highest BCUT2D eigenvalue weighted by Gasteiger charge is 2.13. The molecule has 0 aliphatic rings. The number of hydrogen-bond acceptors (Lipinski definition) is 6. The summed E-state index contributed by atoms with van der Waals surface area (Å²) in [4.78, 5) is 24.8. The molecule has 0 aliphatic heterocycles. The summed E-state index contributed by atoms with van der Waals surface area (Å²) >= 11 is 1.60. The van der Waals surface area contributed by atoms with Crippen LogP contribution in [0, 0.1) is 24.0 Å². The molecule has 0 spiro atoms. The van der Waals surface area contributed by atoms with Gasteiger partial charge in [0.1, 0.15) is 5.75 Å². The molecule has 0 unspecified atom stereocenters. The van der Waals surface area contributed by atoms with Crippen molar-refractivity contribution < 1.29 is 14.5 Å². The van der Waals surface area contributed by atoms with E-state index in [1.807, 2.05) is 32.0 Å². The van der Waals surface area contributed by atoms with E-state index in [9.17, 15) is 14.9 Å². The summed E-state index contributed by atoms with van der Waals surface area (Å²) in [5.74, 6) is 0.398. The quantitative estimate of drug-likeness (QED) is 0.255. The molecule has 2 aromatic heterocycles. The summed E-state index contributed by atoms with van der Waals surface area (Å²) < 4.78 is 6.85. The largest absolute Gasteiger partial charge is 0.496 e. The lowest BCUT2D eigenvalue weighted by atomic mass is 10.1. The van der Waals surface area contributed by atoms with E-state index in [0.717, 1.165) is 26.4 Å². The summed E-state index contributed by atoms with van der Waals surface area (Å²) in [5.41, 5.74) is 2.35. The van der Waals surface area contributed by atoms with E-state index in [1.54, 1.807) is 42.9 Å². The van der Waals surface area contributed by atoms with Gasteiger partial charge in [-0.3, -0.25) is 4.79 Å². The van der Waals surface area contributed by atoms with Crippen LogP contribution in [-0.4, -0.2) is 27.6 Å². The minimum absolute atomic E-state index is 0.0399. The van der Waals surface area contributed by atoms with Gasteiger partial charge in [0.15, 0.2) is 5.78 Å². The Morgan fingerprint density at radius 1 is 1.32 bits per heavy atom. The number of thiophene rings is 1. The van der Waals surface area contributed by atoms with Crippen molar-refractivity contribution in [3.05, 3.63) is 79.2 Å². The van der Waals surface area contributed by atoms with E-state index in [4.69, 9.17) is 4.74 Å². The highest BCUT2D eigenvalue weighted by Crippen LogP contribution is 2.24. The molecule has 0 radical (unpaired) electrons. The van der Waals surface area contributed by atoms with Crippen LogP contribution in [-0.2, 0) is 6.54 Å². The van der Waals surface area contributed by atoms with Gasteiger partial charge < -0.3 is 14.9 Å². The van der Waals surface area contributed by atoms with Crippen molar-refractivity contribution in [3.8, 4) is 5.75 Å². The number of rotatable bonds is 7. The summed E-state index contributed by atoms with van der Waals surface area (Å²) in [5, 5.41) is 14.7. The van der Waals surface area contributed by atoms with Gasteiger partial charge in [0.2, 0.25) is 0 Å². The predicted octanol–water partition coefficient (Wildman–Crippen LogP) is 4.42. The fraction of sp³-hybridized carbons (Fsp3) is 0.200. The van der Waals surface area contributed by atoms with Crippen molar-refractivity contribution in [2.24, 2.45) is 0 Å². The molecule has 0 saturated heterocycles. The van der Waals surface area contributed by atoms with Crippen molar-refractivity contribution in [3.63, 3.8) is 0 Å². The Balaban J connectivity index is 1.82. The van der Waals surface area contributed by atoms with Gasteiger partial charge in [-0.2, -0.15) is 4.68 Å². The Labute approximate surface area is 166 Å². The average Bonchev–Trinajstić information content (AvgIpc) is 3.26. The molecule has 0 fully saturated rings. The molecule has 3 rings (SSSR count). The van der Waals surface area contributed by atoms with Gasteiger partial charge in [0.05, 0.1) is 31.0 Å². The van der Waals surface area contributed by atoms with Gasteiger partial charge in [-0.25, -0.2) is 0 Å². The van der Waals surface area contributed by atoms with E-state index in [-0.39, 0.29) is 11.6 Å². The third-order valence-corrected chi connectivity index (χ3v) is 5.15. The maximum atomic E-state index is 12.4. The molecular formula is C20H19N3O4S. The lowest BCUT2D eigenvalue weighted by Gasteiger charge is -2.08. The van der Waals surface area contributed by atoms with Crippen LogP contribution < -0.4 is 4.74 Å². The zero-order valence-electron chi connectivity index (χ0n) is 15.7. The first-order valence-electron chi connectivity index (χ1n) is 8.51. The number of benzene rings is 1. The Morgan fingerprint density at radius 2 is 2.11 bits per heavy atom. The van der Waals surface area contributed by atoms with E-state index < -0.39 is 4.92 Å². The number of carbonyl (C=O) groups is 1. The second kappa shape index (κ2) is 8.18. The summed E-state index contributed by atoms with van der Waals surface area (Å²) in [7, 11) is 1.56. The van der Waals surface area contributed by atoms with Gasteiger partial charge in [0.25, 0.3) is 0 Å². The first-order chi connectivity index (χ1) is 13.4. The van der Waals surface area contributed by atoms with Crippen LogP contribution in [0.25, 0.3) is 6.08 Å². The first-order valence-corrected chi connectivity index (χ1v) is 9.33. The van der Waals surface area contributed by atoms with Crippen LogP contribution in [0.15, 0.2) is 42.6 Å². The molecule has 0 bridgehead atoms. The molecule has 0 N–H and O–H groups in total. The zero-order chi connectivity index (χ0) is 20.3. The number of nitro groups is 1. The molecule has 0 atom stereocenters. The standard InChI is InChI=1S/C20H19N3O4S/c1-13-10-17(14(2)28-13)18(24)6-4-15-5-7-19(27-3)16(11-15)12-22-9-8-20(21-22)23(25)26/h4-11H,12H2,1-3H3/b6-4+.